The van der Waals surface area contributed by atoms with Crippen LogP contribution in [-0.2, 0) is 11.2 Å². The van der Waals surface area contributed by atoms with Crippen LogP contribution in [0.4, 0.5) is 13.2 Å². The van der Waals surface area contributed by atoms with E-state index in [2.05, 4.69) is 0 Å². The maximum Gasteiger partial charge on any atom is 0.166 e. The summed E-state index contributed by atoms with van der Waals surface area (Å²) in [6.45, 7) is 2.61. The zero-order valence-corrected chi connectivity index (χ0v) is 21.4. The maximum atomic E-state index is 15.2. The van der Waals surface area contributed by atoms with Gasteiger partial charge >= 0.3 is 0 Å². The number of benzene rings is 3. The summed E-state index contributed by atoms with van der Waals surface area (Å²) in [5.41, 5.74) is 3.75. The van der Waals surface area contributed by atoms with Gasteiger partial charge in [-0.1, -0.05) is 61.9 Å². The second-order valence-corrected chi connectivity index (χ2v) is 10.7. The minimum absolute atomic E-state index is 0.0154. The van der Waals surface area contributed by atoms with Crippen molar-refractivity contribution >= 4 is 0 Å². The van der Waals surface area contributed by atoms with E-state index in [1.165, 1.54) is 0 Å². The molecule has 1 aliphatic carbocycles. The summed E-state index contributed by atoms with van der Waals surface area (Å²) in [6.07, 6.45) is 6.31. The molecule has 1 aliphatic heterocycles. The van der Waals surface area contributed by atoms with Crippen molar-refractivity contribution in [3.63, 3.8) is 0 Å². The van der Waals surface area contributed by atoms with Crippen molar-refractivity contribution in [2.24, 2.45) is 5.92 Å². The third-order valence-corrected chi connectivity index (χ3v) is 8.15. The van der Waals surface area contributed by atoms with Gasteiger partial charge in [0.25, 0.3) is 0 Å². The summed E-state index contributed by atoms with van der Waals surface area (Å²) >= 11 is 0. The van der Waals surface area contributed by atoms with Crippen molar-refractivity contribution in [2.45, 2.75) is 76.4 Å². The zero-order chi connectivity index (χ0) is 25.9. The number of ether oxygens (including phenoxy) is 1. The lowest BCUT2D eigenvalue weighted by atomic mass is 9.76. The molecule has 1 saturated carbocycles. The van der Waals surface area contributed by atoms with Crippen LogP contribution in [0.1, 0.15) is 92.2 Å². The minimum atomic E-state index is -0.802. The van der Waals surface area contributed by atoms with Crippen LogP contribution < -0.4 is 0 Å². The van der Waals surface area contributed by atoms with Gasteiger partial charge in [-0.05, 0) is 85.1 Å². The molecule has 1 saturated heterocycles. The Hall–Kier alpha value is -2.63. The van der Waals surface area contributed by atoms with Gasteiger partial charge in [0, 0.05) is 11.1 Å². The zero-order valence-electron chi connectivity index (χ0n) is 21.4. The number of rotatable bonds is 9. The van der Waals surface area contributed by atoms with Gasteiger partial charge in [-0.15, -0.1) is 0 Å². The molecule has 2 aliphatic rings. The number of epoxide rings is 1. The molecule has 3 aromatic rings. The highest BCUT2D eigenvalue weighted by atomic mass is 19.2. The molecule has 1 N–H and O–H groups in total. The van der Waals surface area contributed by atoms with Crippen LogP contribution in [0.3, 0.4) is 0 Å². The normalized spacial score (nSPS) is 22.1. The highest BCUT2D eigenvalue weighted by molar-refractivity contribution is 5.65. The van der Waals surface area contributed by atoms with Gasteiger partial charge in [-0.3, -0.25) is 0 Å². The first-order valence-corrected chi connectivity index (χ1v) is 13.6. The third kappa shape index (κ3) is 5.94. The molecule has 0 amide bonds. The Morgan fingerprint density at radius 1 is 0.892 bits per heavy atom. The number of aryl methyl sites for hydroxylation is 1. The van der Waals surface area contributed by atoms with Crippen LogP contribution >= 0.6 is 0 Å². The largest absolute Gasteiger partial charge is 0.388 e. The lowest BCUT2D eigenvalue weighted by Crippen LogP contribution is -2.15. The van der Waals surface area contributed by atoms with Crippen molar-refractivity contribution < 1.29 is 23.0 Å². The lowest BCUT2D eigenvalue weighted by Gasteiger charge is -2.29. The Morgan fingerprint density at radius 3 is 2.24 bits per heavy atom. The van der Waals surface area contributed by atoms with E-state index in [0.717, 1.165) is 56.1 Å². The van der Waals surface area contributed by atoms with Crippen LogP contribution in [0.25, 0.3) is 11.1 Å². The fourth-order valence-electron chi connectivity index (χ4n) is 5.78. The van der Waals surface area contributed by atoms with Gasteiger partial charge in [-0.2, -0.15) is 0 Å². The van der Waals surface area contributed by atoms with E-state index in [1.54, 1.807) is 42.5 Å². The molecule has 0 bridgehead atoms. The molecular formula is C32H35F3O2. The van der Waals surface area contributed by atoms with Crippen molar-refractivity contribution in [3.8, 4) is 11.1 Å². The molecule has 2 unspecified atom stereocenters. The average Bonchev–Trinajstić information content (AvgIpc) is 3.75. The molecule has 2 nitrogen and oxygen atoms in total. The van der Waals surface area contributed by atoms with Crippen molar-refractivity contribution in [1.82, 2.24) is 0 Å². The average molecular weight is 509 g/mol. The Morgan fingerprint density at radius 2 is 1.59 bits per heavy atom. The lowest BCUT2D eigenvalue weighted by molar-refractivity contribution is 0.166. The van der Waals surface area contributed by atoms with E-state index in [9.17, 15) is 9.50 Å². The topological polar surface area (TPSA) is 32.8 Å². The molecule has 0 spiro atoms. The molecule has 0 aromatic heterocycles. The molecule has 0 radical (unpaired) electrons. The number of aliphatic hydroxyl groups is 1. The quantitative estimate of drug-likeness (QED) is 0.294. The van der Waals surface area contributed by atoms with Crippen LogP contribution in [0, 0.1) is 23.4 Å². The Labute approximate surface area is 217 Å². The molecule has 3 aromatic carbocycles. The summed E-state index contributed by atoms with van der Waals surface area (Å²) in [5.74, 6) is -1.20. The number of aliphatic hydroxyl groups excluding tert-OH is 1. The van der Waals surface area contributed by atoms with Gasteiger partial charge in [0.2, 0.25) is 0 Å². The summed E-state index contributed by atoms with van der Waals surface area (Å²) in [5, 5.41) is 10.2. The van der Waals surface area contributed by atoms with Crippen LogP contribution in [0.5, 0.6) is 0 Å². The number of hydrogen-bond donors (Lipinski definition) is 1. The van der Waals surface area contributed by atoms with Gasteiger partial charge in [0.05, 0.1) is 12.7 Å². The summed E-state index contributed by atoms with van der Waals surface area (Å²) in [6, 6.07) is 15.9. The number of halogens is 3. The van der Waals surface area contributed by atoms with Crippen molar-refractivity contribution in [1.29, 1.82) is 0 Å². The van der Waals surface area contributed by atoms with Crippen molar-refractivity contribution in [3.05, 3.63) is 94.3 Å². The fourth-order valence-corrected chi connectivity index (χ4v) is 5.78. The molecule has 5 heteroatoms. The molecule has 1 heterocycles. The SMILES string of the molecule is CCCC(O)c1ccc(-c2ccc(C3CCC(CCc4ccc(C5CO5)c(F)c4)CC3)c(F)c2F)cc1. The van der Waals surface area contributed by atoms with Crippen LogP contribution in [0.15, 0.2) is 54.6 Å². The summed E-state index contributed by atoms with van der Waals surface area (Å²) in [7, 11) is 0. The van der Waals surface area contributed by atoms with E-state index < -0.39 is 17.7 Å². The number of hydrogen-bond acceptors (Lipinski definition) is 2. The van der Waals surface area contributed by atoms with E-state index in [1.807, 2.05) is 19.1 Å². The third-order valence-electron chi connectivity index (χ3n) is 8.15. The predicted octanol–water partition coefficient (Wildman–Crippen LogP) is 8.58. The second kappa shape index (κ2) is 11.4. The van der Waals surface area contributed by atoms with E-state index in [-0.39, 0.29) is 23.4 Å². The van der Waals surface area contributed by atoms with Gasteiger partial charge < -0.3 is 9.84 Å². The molecule has 5 rings (SSSR count). The van der Waals surface area contributed by atoms with Gasteiger partial charge in [0.15, 0.2) is 11.6 Å². The molecular weight excluding hydrogens is 473 g/mol. The molecule has 2 fully saturated rings. The molecule has 37 heavy (non-hydrogen) atoms. The van der Waals surface area contributed by atoms with Gasteiger partial charge in [0.1, 0.15) is 11.9 Å². The van der Waals surface area contributed by atoms with Crippen molar-refractivity contribution in [2.75, 3.05) is 6.61 Å². The molecule has 196 valence electrons. The van der Waals surface area contributed by atoms with E-state index >= 15 is 8.78 Å². The highest BCUT2D eigenvalue weighted by Gasteiger charge is 2.29. The van der Waals surface area contributed by atoms with Crippen LogP contribution in [-0.4, -0.2) is 11.7 Å². The summed E-state index contributed by atoms with van der Waals surface area (Å²) < 4.78 is 49.8. The van der Waals surface area contributed by atoms with Gasteiger partial charge in [-0.25, -0.2) is 13.2 Å². The fraction of sp³-hybridized carbons (Fsp3) is 0.438. The predicted molar refractivity (Wildman–Crippen MR) is 140 cm³/mol. The summed E-state index contributed by atoms with van der Waals surface area (Å²) in [4.78, 5) is 0. The minimum Gasteiger partial charge on any atom is -0.388 e. The first-order valence-electron chi connectivity index (χ1n) is 13.6. The Kier molecular flexibility index (Phi) is 8.01. The van der Waals surface area contributed by atoms with Crippen LogP contribution in [0.2, 0.25) is 0 Å². The first-order chi connectivity index (χ1) is 17.9. The monoisotopic (exact) mass is 508 g/mol. The Bertz CT molecular complexity index is 1210. The maximum absolute atomic E-state index is 15.2. The smallest absolute Gasteiger partial charge is 0.166 e. The molecule has 2 atom stereocenters. The highest BCUT2D eigenvalue weighted by Crippen LogP contribution is 2.40. The second-order valence-electron chi connectivity index (χ2n) is 10.7. The Balaban J connectivity index is 1.18. The first kappa shape index (κ1) is 26.0. The van der Waals surface area contributed by atoms with E-state index in [0.29, 0.717) is 35.6 Å². The standard InChI is InChI=1S/C32H35F3O2/c1-2-3-29(36)24-13-11-23(12-14-24)26-17-16-25(31(34)32(26)35)22-9-6-20(7-10-22)4-5-21-8-15-27(28(33)18-21)30-19-37-30/h8,11-18,20,22,29-30,36H,2-7,9-10,19H2,1H3. The van der Waals surface area contributed by atoms with E-state index in [4.69, 9.17) is 4.74 Å².